The summed E-state index contributed by atoms with van der Waals surface area (Å²) in [7, 11) is 0. The monoisotopic (exact) mass is 775 g/mol. The van der Waals surface area contributed by atoms with Gasteiger partial charge in [0.1, 0.15) is 11.5 Å². The maximum absolute atomic E-state index is 9.65. The molecule has 11 aromatic rings. The fourth-order valence-corrected chi connectivity index (χ4v) is 10.5. The molecule has 61 heavy (non-hydrogen) atoms. The summed E-state index contributed by atoms with van der Waals surface area (Å²) in [6.07, 6.45) is 0. The first-order valence-electron chi connectivity index (χ1n) is 20.7. The molecule has 1 spiro atoms. The molecule has 0 atom stereocenters. The summed E-state index contributed by atoms with van der Waals surface area (Å²) in [5.41, 5.74) is 15.7. The van der Waals surface area contributed by atoms with Crippen LogP contribution in [0.4, 0.5) is 0 Å². The fraction of sp³-hybridized carbons (Fsp3) is 0.0175. The minimum absolute atomic E-state index is 0.565. The van der Waals surface area contributed by atoms with Crippen molar-refractivity contribution < 1.29 is 4.74 Å². The summed E-state index contributed by atoms with van der Waals surface area (Å²) in [5, 5.41) is 15.0. The molecule has 282 valence electrons. The van der Waals surface area contributed by atoms with Crippen LogP contribution in [0.25, 0.3) is 82.7 Å². The van der Waals surface area contributed by atoms with Crippen molar-refractivity contribution in [1.29, 1.82) is 5.26 Å². The highest BCUT2D eigenvalue weighted by atomic mass is 16.5. The Morgan fingerprint density at radius 1 is 0.475 bits per heavy atom. The van der Waals surface area contributed by atoms with E-state index in [-0.39, 0.29) is 0 Å². The highest BCUT2D eigenvalue weighted by Crippen LogP contribution is 2.63. The van der Waals surface area contributed by atoms with Crippen LogP contribution in [0.15, 0.2) is 200 Å². The number of aromatic nitrogens is 2. The van der Waals surface area contributed by atoms with Gasteiger partial charge in [0, 0.05) is 49.3 Å². The lowest BCUT2D eigenvalue weighted by Crippen LogP contribution is -2.32. The van der Waals surface area contributed by atoms with Crippen molar-refractivity contribution >= 4 is 43.5 Å². The second-order valence-corrected chi connectivity index (χ2v) is 16.1. The Morgan fingerprint density at radius 2 is 1.13 bits per heavy atom. The van der Waals surface area contributed by atoms with Gasteiger partial charge in [-0.15, -0.1) is 0 Å². The number of pyridine rings is 1. The van der Waals surface area contributed by atoms with E-state index in [0.717, 1.165) is 94.2 Å². The Morgan fingerprint density at radius 3 is 1.92 bits per heavy atom. The number of nitrogens with zero attached hydrogens (tertiary/aromatic N) is 3. The van der Waals surface area contributed by atoms with Crippen molar-refractivity contribution in [1.82, 2.24) is 9.55 Å². The molecular weight excluding hydrogens is 743 g/mol. The maximum atomic E-state index is 9.65. The lowest BCUT2D eigenvalue weighted by atomic mass is 9.65. The standard InChI is InChI=1S/C57H33N3O/c58-34-35-22-31-52-45(32-35)42-16-6-10-20-51(42)60(52)39-26-23-36(24-27-39)38-25-28-43-50(33-38)59-55(37-12-2-1-3-13-37)44-29-30-49-56(54(43)44)61-53-21-11-9-19-48(53)57(49)46-17-7-4-14-40(46)41-15-5-8-18-47(41)57/h1-33H. The second-order valence-electron chi connectivity index (χ2n) is 16.1. The number of hydrogen-bond acceptors (Lipinski definition) is 3. The smallest absolute Gasteiger partial charge is 0.140 e. The molecule has 0 amide bonds. The molecule has 0 fully saturated rings. The van der Waals surface area contributed by atoms with E-state index in [1.165, 1.54) is 22.3 Å². The molecule has 2 aromatic heterocycles. The number of para-hydroxylation sites is 2. The van der Waals surface area contributed by atoms with E-state index >= 15 is 0 Å². The van der Waals surface area contributed by atoms with Crippen LogP contribution in [0.2, 0.25) is 0 Å². The molecule has 1 aliphatic heterocycles. The van der Waals surface area contributed by atoms with Crippen molar-refractivity contribution in [2.45, 2.75) is 5.41 Å². The van der Waals surface area contributed by atoms with Gasteiger partial charge in [-0.05, 0) is 81.9 Å². The van der Waals surface area contributed by atoms with Crippen molar-refractivity contribution in [3.63, 3.8) is 0 Å². The van der Waals surface area contributed by atoms with Gasteiger partial charge in [0.15, 0.2) is 0 Å². The zero-order valence-corrected chi connectivity index (χ0v) is 32.8. The summed E-state index contributed by atoms with van der Waals surface area (Å²) in [6, 6.07) is 73.5. The van der Waals surface area contributed by atoms with Gasteiger partial charge in [-0.2, -0.15) is 5.26 Å². The number of hydrogen-bond donors (Lipinski definition) is 0. The van der Waals surface area contributed by atoms with E-state index in [0.29, 0.717) is 5.56 Å². The van der Waals surface area contributed by atoms with Crippen LogP contribution in [-0.4, -0.2) is 9.55 Å². The SMILES string of the molecule is N#Cc1ccc2c(c1)c1ccccc1n2-c1ccc(-c2ccc3c(c2)nc(-c2ccccc2)c2ccc4c(c23)Oc2ccccc2C42c3ccccc3-c3ccccc32)cc1. The fourth-order valence-electron chi connectivity index (χ4n) is 10.5. The Hall–Kier alpha value is -8.26. The lowest BCUT2D eigenvalue weighted by Gasteiger charge is -2.40. The molecule has 3 heterocycles. The van der Waals surface area contributed by atoms with Gasteiger partial charge in [0.2, 0.25) is 0 Å². The summed E-state index contributed by atoms with van der Waals surface area (Å²) in [5.74, 6) is 1.74. The van der Waals surface area contributed by atoms with Crippen LogP contribution >= 0.6 is 0 Å². The van der Waals surface area contributed by atoms with Crippen molar-refractivity contribution in [2.75, 3.05) is 0 Å². The molecule has 13 rings (SSSR count). The molecule has 0 N–H and O–H groups in total. The van der Waals surface area contributed by atoms with Gasteiger partial charge in [-0.1, -0.05) is 152 Å². The average Bonchev–Trinajstić information content (AvgIpc) is 3.81. The molecule has 4 nitrogen and oxygen atoms in total. The van der Waals surface area contributed by atoms with Crippen LogP contribution in [0, 0.1) is 11.3 Å². The first-order valence-corrected chi connectivity index (χ1v) is 20.7. The zero-order chi connectivity index (χ0) is 40.2. The number of fused-ring (bicyclic) bond motifs is 16. The van der Waals surface area contributed by atoms with Gasteiger partial charge in [-0.3, -0.25) is 0 Å². The van der Waals surface area contributed by atoms with Crippen LogP contribution in [-0.2, 0) is 5.41 Å². The highest BCUT2D eigenvalue weighted by Gasteiger charge is 2.51. The predicted molar refractivity (Wildman–Crippen MR) is 247 cm³/mol. The van der Waals surface area contributed by atoms with Crippen molar-refractivity contribution in [3.8, 4) is 56.8 Å². The van der Waals surface area contributed by atoms with Gasteiger partial charge in [-0.25, -0.2) is 4.98 Å². The topological polar surface area (TPSA) is 50.8 Å². The van der Waals surface area contributed by atoms with E-state index in [4.69, 9.17) is 9.72 Å². The normalized spacial score (nSPS) is 13.2. The molecule has 0 unspecified atom stereocenters. The van der Waals surface area contributed by atoms with Crippen LogP contribution in [0.3, 0.4) is 0 Å². The van der Waals surface area contributed by atoms with Gasteiger partial charge < -0.3 is 9.30 Å². The summed E-state index contributed by atoms with van der Waals surface area (Å²) >= 11 is 0. The van der Waals surface area contributed by atoms with Crippen molar-refractivity contribution in [2.24, 2.45) is 0 Å². The molecule has 2 aliphatic rings. The summed E-state index contributed by atoms with van der Waals surface area (Å²) in [6.45, 7) is 0. The average molecular weight is 776 g/mol. The van der Waals surface area contributed by atoms with E-state index < -0.39 is 5.41 Å². The number of nitriles is 1. The van der Waals surface area contributed by atoms with E-state index in [2.05, 4.69) is 199 Å². The quantitative estimate of drug-likeness (QED) is 0.168. The third kappa shape index (κ3) is 4.60. The minimum Gasteiger partial charge on any atom is -0.456 e. The molecule has 0 saturated carbocycles. The molecular formula is C57H33N3O. The third-order valence-corrected chi connectivity index (χ3v) is 13.1. The van der Waals surface area contributed by atoms with E-state index in [1.54, 1.807) is 0 Å². The lowest BCUT2D eigenvalue weighted by molar-refractivity contribution is 0.442. The van der Waals surface area contributed by atoms with Crippen LogP contribution < -0.4 is 4.74 Å². The second kappa shape index (κ2) is 12.6. The zero-order valence-electron chi connectivity index (χ0n) is 32.8. The Kier molecular flexibility index (Phi) is 6.97. The first kappa shape index (κ1) is 33.7. The third-order valence-electron chi connectivity index (χ3n) is 13.1. The maximum Gasteiger partial charge on any atom is 0.140 e. The highest BCUT2D eigenvalue weighted by molar-refractivity contribution is 6.16. The van der Waals surface area contributed by atoms with Gasteiger partial charge in [0.25, 0.3) is 0 Å². The molecule has 0 radical (unpaired) electrons. The minimum atomic E-state index is -0.565. The Labute approximate surface area is 351 Å². The summed E-state index contributed by atoms with van der Waals surface area (Å²) < 4.78 is 9.48. The van der Waals surface area contributed by atoms with Crippen LogP contribution in [0.5, 0.6) is 11.5 Å². The first-order chi connectivity index (χ1) is 30.2. The largest absolute Gasteiger partial charge is 0.456 e. The van der Waals surface area contributed by atoms with Crippen molar-refractivity contribution in [3.05, 3.63) is 228 Å². The molecule has 0 bridgehead atoms. The number of rotatable bonds is 3. The van der Waals surface area contributed by atoms with Gasteiger partial charge >= 0.3 is 0 Å². The summed E-state index contributed by atoms with van der Waals surface area (Å²) in [4.78, 5) is 5.47. The molecule has 1 aliphatic carbocycles. The van der Waals surface area contributed by atoms with E-state index in [9.17, 15) is 5.26 Å². The predicted octanol–water partition coefficient (Wildman–Crippen LogP) is 14.2. The van der Waals surface area contributed by atoms with E-state index in [1.807, 2.05) is 12.1 Å². The Bertz CT molecular complexity index is 3640. The number of ether oxygens (including phenoxy) is 1. The molecule has 0 saturated heterocycles. The molecule has 4 heteroatoms. The van der Waals surface area contributed by atoms with Crippen LogP contribution in [0.1, 0.15) is 27.8 Å². The van der Waals surface area contributed by atoms with Gasteiger partial charge in [0.05, 0.1) is 39.3 Å². The number of benzene rings is 9. The molecule has 9 aromatic carbocycles. The Balaban J connectivity index is 1.03.